The maximum atomic E-state index is 12.0. The molecule has 2 N–H and O–H groups in total. The van der Waals surface area contributed by atoms with E-state index in [4.69, 9.17) is 15.2 Å². The van der Waals surface area contributed by atoms with E-state index < -0.39 is 5.41 Å². The van der Waals surface area contributed by atoms with Crippen LogP contribution >= 0.6 is 0 Å². The van der Waals surface area contributed by atoms with Gasteiger partial charge in [0.2, 0.25) is 0 Å². The Hall–Kier alpha value is -1.55. The molecule has 0 unspecified atom stereocenters. The Balaban J connectivity index is 2.34. The zero-order chi connectivity index (χ0) is 14.1. The van der Waals surface area contributed by atoms with E-state index in [2.05, 4.69) is 0 Å². The van der Waals surface area contributed by atoms with E-state index in [0.29, 0.717) is 26.0 Å². The van der Waals surface area contributed by atoms with E-state index in [1.165, 1.54) is 0 Å². The van der Waals surface area contributed by atoms with Crippen LogP contribution in [0.25, 0.3) is 0 Å². The van der Waals surface area contributed by atoms with E-state index in [1.54, 1.807) is 0 Å². The molecule has 0 aromatic heterocycles. The van der Waals surface area contributed by atoms with Gasteiger partial charge in [-0.1, -0.05) is 32.0 Å². The van der Waals surface area contributed by atoms with Gasteiger partial charge in [-0.3, -0.25) is 4.79 Å². The summed E-state index contributed by atoms with van der Waals surface area (Å²) in [5, 5.41) is 0. The van der Waals surface area contributed by atoms with E-state index >= 15 is 0 Å². The first-order valence-electron chi connectivity index (χ1n) is 6.73. The summed E-state index contributed by atoms with van der Waals surface area (Å²) in [4.78, 5) is 12.0. The normalized spacial score (nSPS) is 11.1. The van der Waals surface area contributed by atoms with Crippen LogP contribution in [0.2, 0.25) is 0 Å². The molecule has 0 fully saturated rings. The molecule has 1 aromatic carbocycles. The Labute approximate surface area is 114 Å². The molecule has 106 valence electrons. The number of esters is 1. The second-order valence-corrected chi connectivity index (χ2v) is 4.49. The molecular weight excluding hydrogens is 242 g/mol. The minimum atomic E-state index is -0.549. The third-order valence-electron chi connectivity index (χ3n) is 3.51. The van der Waals surface area contributed by atoms with Gasteiger partial charge in [0.25, 0.3) is 0 Å². The molecule has 0 radical (unpaired) electrons. The van der Waals surface area contributed by atoms with E-state index in [0.717, 1.165) is 5.75 Å². The summed E-state index contributed by atoms with van der Waals surface area (Å²) in [6, 6.07) is 9.45. The van der Waals surface area contributed by atoms with Crippen LogP contribution in [-0.2, 0) is 9.53 Å². The Morgan fingerprint density at radius 1 is 1.16 bits per heavy atom. The number of carbonyl (C=O) groups is 1. The third kappa shape index (κ3) is 4.24. The molecule has 1 aromatic rings. The lowest BCUT2D eigenvalue weighted by atomic mass is 9.82. The Bertz CT molecular complexity index is 366. The number of hydrogen-bond acceptors (Lipinski definition) is 4. The van der Waals surface area contributed by atoms with E-state index in [1.807, 2.05) is 44.2 Å². The molecule has 0 bridgehead atoms. The lowest BCUT2D eigenvalue weighted by Crippen LogP contribution is -2.39. The number of hydrogen-bond donors (Lipinski definition) is 1. The Kier molecular flexibility index (Phi) is 6.36. The SMILES string of the molecule is CCC(CC)(CN)C(=O)OCCOc1ccccc1. The van der Waals surface area contributed by atoms with Gasteiger partial charge in [0.1, 0.15) is 19.0 Å². The molecule has 0 saturated heterocycles. The van der Waals surface area contributed by atoms with Gasteiger partial charge in [0.15, 0.2) is 0 Å². The molecule has 0 spiro atoms. The van der Waals surface area contributed by atoms with Crippen molar-refractivity contribution < 1.29 is 14.3 Å². The molecule has 0 aliphatic heterocycles. The van der Waals surface area contributed by atoms with E-state index in [9.17, 15) is 4.79 Å². The number of rotatable bonds is 8. The molecule has 0 aliphatic carbocycles. The largest absolute Gasteiger partial charge is 0.490 e. The van der Waals surface area contributed by atoms with Gasteiger partial charge in [0.05, 0.1) is 5.41 Å². The molecule has 0 aliphatic rings. The second kappa shape index (κ2) is 7.79. The van der Waals surface area contributed by atoms with Crippen molar-refractivity contribution in [2.24, 2.45) is 11.1 Å². The first-order chi connectivity index (χ1) is 9.18. The van der Waals surface area contributed by atoms with Gasteiger partial charge in [-0.05, 0) is 25.0 Å². The highest BCUT2D eigenvalue weighted by molar-refractivity contribution is 5.77. The highest BCUT2D eigenvalue weighted by Gasteiger charge is 2.34. The molecular formula is C15H23NO3. The third-order valence-corrected chi connectivity index (χ3v) is 3.51. The summed E-state index contributed by atoms with van der Waals surface area (Å²) >= 11 is 0. The van der Waals surface area contributed by atoms with Gasteiger partial charge in [-0.15, -0.1) is 0 Å². The van der Waals surface area contributed by atoms with Crippen LogP contribution in [-0.4, -0.2) is 25.7 Å². The molecule has 1 rings (SSSR count). The summed E-state index contributed by atoms with van der Waals surface area (Å²) in [6.07, 6.45) is 1.39. The van der Waals surface area contributed by atoms with Gasteiger partial charge in [-0.2, -0.15) is 0 Å². The van der Waals surface area contributed by atoms with Gasteiger partial charge >= 0.3 is 5.97 Å². The number of ether oxygens (including phenoxy) is 2. The fourth-order valence-electron chi connectivity index (χ4n) is 1.87. The molecule has 0 amide bonds. The van der Waals surface area contributed by atoms with Crippen molar-refractivity contribution in [3.05, 3.63) is 30.3 Å². The lowest BCUT2D eigenvalue weighted by molar-refractivity contribution is -0.156. The number of carbonyl (C=O) groups excluding carboxylic acids is 1. The fourth-order valence-corrected chi connectivity index (χ4v) is 1.87. The first kappa shape index (κ1) is 15.5. The van der Waals surface area contributed by atoms with Crippen LogP contribution in [0.5, 0.6) is 5.75 Å². The minimum absolute atomic E-state index is 0.225. The molecule has 19 heavy (non-hydrogen) atoms. The van der Waals surface area contributed by atoms with Crippen molar-refractivity contribution in [2.45, 2.75) is 26.7 Å². The summed E-state index contributed by atoms with van der Waals surface area (Å²) in [5.74, 6) is 0.547. The van der Waals surface area contributed by atoms with Crippen LogP contribution in [0.1, 0.15) is 26.7 Å². The molecule has 0 heterocycles. The topological polar surface area (TPSA) is 61.6 Å². The van der Waals surface area contributed by atoms with Crippen LogP contribution in [0.3, 0.4) is 0 Å². The highest BCUT2D eigenvalue weighted by atomic mass is 16.6. The van der Waals surface area contributed by atoms with Crippen molar-refractivity contribution in [3.8, 4) is 5.75 Å². The average Bonchev–Trinajstić information content (AvgIpc) is 2.47. The van der Waals surface area contributed by atoms with Crippen LogP contribution < -0.4 is 10.5 Å². The van der Waals surface area contributed by atoms with E-state index in [-0.39, 0.29) is 12.6 Å². The lowest BCUT2D eigenvalue weighted by Gasteiger charge is -2.27. The van der Waals surface area contributed by atoms with Gasteiger partial charge < -0.3 is 15.2 Å². The van der Waals surface area contributed by atoms with Crippen molar-refractivity contribution in [3.63, 3.8) is 0 Å². The predicted octanol–water partition coefficient (Wildman–Crippen LogP) is 2.37. The Morgan fingerprint density at radius 3 is 2.32 bits per heavy atom. The summed E-state index contributed by atoms with van der Waals surface area (Å²) in [5.41, 5.74) is 5.14. The summed E-state index contributed by atoms with van der Waals surface area (Å²) in [7, 11) is 0. The predicted molar refractivity (Wildman–Crippen MR) is 75.0 cm³/mol. The zero-order valence-electron chi connectivity index (χ0n) is 11.7. The molecule has 0 atom stereocenters. The summed E-state index contributed by atoms with van der Waals surface area (Å²) < 4.78 is 10.7. The fraction of sp³-hybridized carbons (Fsp3) is 0.533. The van der Waals surface area contributed by atoms with Crippen LogP contribution in [0.4, 0.5) is 0 Å². The minimum Gasteiger partial charge on any atom is -0.490 e. The zero-order valence-corrected chi connectivity index (χ0v) is 11.7. The van der Waals surface area contributed by atoms with Crippen molar-refractivity contribution in [1.82, 2.24) is 0 Å². The number of benzene rings is 1. The quantitative estimate of drug-likeness (QED) is 0.579. The maximum Gasteiger partial charge on any atom is 0.313 e. The smallest absolute Gasteiger partial charge is 0.313 e. The maximum absolute atomic E-state index is 12.0. The Morgan fingerprint density at radius 2 is 1.79 bits per heavy atom. The van der Waals surface area contributed by atoms with Crippen LogP contribution in [0.15, 0.2) is 30.3 Å². The molecule has 0 saturated carbocycles. The molecule has 4 nitrogen and oxygen atoms in total. The number of para-hydroxylation sites is 1. The van der Waals surface area contributed by atoms with Crippen molar-refractivity contribution >= 4 is 5.97 Å². The first-order valence-corrected chi connectivity index (χ1v) is 6.73. The van der Waals surface area contributed by atoms with Gasteiger partial charge in [0, 0.05) is 6.54 Å². The highest BCUT2D eigenvalue weighted by Crippen LogP contribution is 2.26. The van der Waals surface area contributed by atoms with Crippen molar-refractivity contribution in [1.29, 1.82) is 0 Å². The summed E-state index contributed by atoms with van der Waals surface area (Å²) in [6.45, 7) is 4.83. The van der Waals surface area contributed by atoms with Crippen molar-refractivity contribution in [2.75, 3.05) is 19.8 Å². The molecule has 4 heteroatoms. The van der Waals surface area contributed by atoms with Gasteiger partial charge in [-0.25, -0.2) is 0 Å². The average molecular weight is 265 g/mol. The standard InChI is InChI=1S/C15H23NO3/c1-3-15(4-2,12-16)14(17)19-11-10-18-13-8-6-5-7-9-13/h5-9H,3-4,10-12,16H2,1-2H3. The second-order valence-electron chi connectivity index (χ2n) is 4.49. The van der Waals surface area contributed by atoms with Crippen LogP contribution in [0, 0.1) is 5.41 Å². The number of nitrogens with two attached hydrogens (primary N) is 1. The monoisotopic (exact) mass is 265 g/mol.